The molecule has 0 heterocycles. The van der Waals surface area contributed by atoms with Gasteiger partial charge in [0.05, 0.1) is 0 Å². The standard InChI is InChI=1S/C24H28N2O4/c1-18-14-23(2,3)16-24(26-17-27,30-20-12-8-5-9-13-20)21(18)15-25-22(28)29-19-10-6-4-7-11-19/h4-13,18,21H,14-16H2,1-3H3,(H,25,28). The first kappa shape index (κ1) is 21.6. The number of benzene rings is 2. The van der Waals surface area contributed by atoms with Gasteiger partial charge in [-0.1, -0.05) is 57.2 Å². The molecule has 30 heavy (non-hydrogen) atoms. The van der Waals surface area contributed by atoms with Gasteiger partial charge in [0, 0.05) is 18.9 Å². The highest BCUT2D eigenvalue weighted by molar-refractivity contribution is 5.70. The number of aliphatic imine (C=N–C) groups is 1. The fourth-order valence-electron chi connectivity index (χ4n) is 4.56. The quantitative estimate of drug-likeness (QED) is 0.541. The van der Waals surface area contributed by atoms with Crippen molar-refractivity contribution >= 4 is 12.2 Å². The molecule has 1 aliphatic carbocycles. The largest absolute Gasteiger partial charge is 0.465 e. The van der Waals surface area contributed by atoms with Crippen molar-refractivity contribution in [1.82, 2.24) is 5.32 Å². The molecule has 3 rings (SSSR count). The summed E-state index contributed by atoms with van der Waals surface area (Å²) in [5.41, 5.74) is -1.21. The third-order valence-corrected chi connectivity index (χ3v) is 5.57. The summed E-state index contributed by atoms with van der Waals surface area (Å²) in [6.07, 6.45) is 2.62. The number of isocyanates is 1. The Balaban J connectivity index is 1.82. The molecule has 3 atom stereocenters. The first-order chi connectivity index (χ1) is 14.3. The minimum absolute atomic E-state index is 0.0877. The predicted octanol–water partition coefficient (Wildman–Crippen LogP) is 4.96. The molecule has 0 saturated heterocycles. The van der Waals surface area contributed by atoms with Crippen LogP contribution in [0.25, 0.3) is 0 Å². The molecule has 2 aromatic rings. The van der Waals surface area contributed by atoms with E-state index < -0.39 is 11.8 Å². The van der Waals surface area contributed by atoms with Crippen molar-refractivity contribution in [3.05, 3.63) is 60.7 Å². The van der Waals surface area contributed by atoms with Gasteiger partial charge in [0.15, 0.2) is 0 Å². The maximum atomic E-state index is 12.3. The van der Waals surface area contributed by atoms with E-state index in [4.69, 9.17) is 9.47 Å². The normalized spacial score (nSPS) is 24.9. The monoisotopic (exact) mass is 408 g/mol. The lowest BCUT2D eigenvalue weighted by atomic mass is 9.63. The van der Waals surface area contributed by atoms with Crippen molar-refractivity contribution in [2.24, 2.45) is 22.2 Å². The van der Waals surface area contributed by atoms with Crippen LogP contribution in [0.2, 0.25) is 0 Å². The van der Waals surface area contributed by atoms with Gasteiger partial charge < -0.3 is 14.8 Å². The molecule has 1 N–H and O–H groups in total. The number of hydrogen-bond donors (Lipinski definition) is 1. The molecular weight excluding hydrogens is 380 g/mol. The second-order valence-corrected chi connectivity index (χ2v) is 8.68. The van der Waals surface area contributed by atoms with Crippen molar-refractivity contribution in [2.75, 3.05) is 6.54 Å². The van der Waals surface area contributed by atoms with E-state index in [-0.39, 0.29) is 23.8 Å². The SMILES string of the molecule is CC1CC(C)(C)CC(N=C=O)(Oc2ccccc2)C1CNC(=O)Oc1ccccc1. The topological polar surface area (TPSA) is 77.0 Å². The molecule has 158 valence electrons. The van der Waals surface area contributed by atoms with Crippen LogP contribution in [0, 0.1) is 17.3 Å². The molecule has 0 aliphatic heterocycles. The number of carbonyl (C=O) groups is 1. The number of carbonyl (C=O) groups excluding carboxylic acids is 2. The molecule has 0 spiro atoms. The summed E-state index contributed by atoms with van der Waals surface area (Å²) >= 11 is 0. The third-order valence-electron chi connectivity index (χ3n) is 5.57. The minimum atomic E-state index is -1.12. The van der Waals surface area contributed by atoms with Crippen LogP contribution in [0.4, 0.5) is 4.79 Å². The molecule has 1 aliphatic rings. The van der Waals surface area contributed by atoms with Gasteiger partial charge >= 0.3 is 6.09 Å². The first-order valence-corrected chi connectivity index (χ1v) is 10.2. The van der Waals surface area contributed by atoms with Crippen LogP contribution in [0.5, 0.6) is 11.5 Å². The highest BCUT2D eigenvalue weighted by Crippen LogP contribution is 2.49. The molecule has 6 heteroatoms. The zero-order valence-electron chi connectivity index (χ0n) is 17.6. The number of para-hydroxylation sites is 2. The van der Waals surface area contributed by atoms with Crippen LogP contribution in [0.15, 0.2) is 65.7 Å². The van der Waals surface area contributed by atoms with Gasteiger partial charge in [0.1, 0.15) is 11.5 Å². The van der Waals surface area contributed by atoms with E-state index in [0.29, 0.717) is 17.9 Å². The number of nitrogens with zero attached hydrogens (tertiary/aromatic N) is 1. The Morgan fingerprint density at radius 2 is 1.70 bits per heavy atom. The summed E-state index contributed by atoms with van der Waals surface area (Å²) in [6.45, 7) is 6.64. The molecule has 2 aromatic carbocycles. The summed E-state index contributed by atoms with van der Waals surface area (Å²) in [5, 5.41) is 2.83. The number of amides is 1. The molecule has 0 radical (unpaired) electrons. The van der Waals surface area contributed by atoms with Gasteiger partial charge in [-0.3, -0.25) is 0 Å². The molecule has 1 saturated carbocycles. The summed E-state index contributed by atoms with van der Waals surface area (Å²) in [5.74, 6) is 1.01. The molecule has 0 aromatic heterocycles. The lowest BCUT2D eigenvalue weighted by molar-refractivity contribution is -0.0824. The fourth-order valence-corrected chi connectivity index (χ4v) is 4.56. The highest BCUT2D eigenvalue weighted by atomic mass is 16.6. The van der Waals surface area contributed by atoms with Gasteiger partial charge in [-0.25, -0.2) is 9.59 Å². The van der Waals surface area contributed by atoms with Gasteiger partial charge in [0.2, 0.25) is 11.8 Å². The Bertz CT molecular complexity index is 894. The van der Waals surface area contributed by atoms with E-state index >= 15 is 0 Å². The smallest absolute Gasteiger partial charge is 0.412 e. The van der Waals surface area contributed by atoms with E-state index in [1.54, 1.807) is 30.3 Å². The van der Waals surface area contributed by atoms with E-state index in [1.165, 1.54) is 0 Å². The van der Waals surface area contributed by atoms with Gasteiger partial charge in [-0.2, -0.15) is 4.99 Å². The Morgan fingerprint density at radius 3 is 2.30 bits per heavy atom. The Labute approximate surface area is 177 Å². The average molecular weight is 408 g/mol. The van der Waals surface area contributed by atoms with Gasteiger partial charge in [-0.05, 0) is 42.0 Å². The third kappa shape index (κ3) is 5.28. The van der Waals surface area contributed by atoms with E-state index in [1.807, 2.05) is 36.4 Å². The van der Waals surface area contributed by atoms with Crippen LogP contribution < -0.4 is 14.8 Å². The molecular formula is C24H28N2O4. The van der Waals surface area contributed by atoms with Gasteiger partial charge in [0.25, 0.3) is 0 Å². The maximum absolute atomic E-state index is 12.3. The minimum Gasteiger partial charge on any atom is -0.465 e. The summed E-state index contributed by atoms with van der Waals surface area (Å²) in [4.78, 5) is 27.9. The number of hydrogen-bond acceptors (Lipinski definition) is 5. The number of ether oxygens (including phenoxy) is 2. The highest BCUT2D eigenvalue weighted by Gasteiger charge is 2.52. The predicted molar refractivity (Wildman–Crippen MR) is 114 cm³/mol. The molecule has 3 unspecified atom stereocenters. The second-order valence-electron chi connectivity index (χ2n) is 8.68. The lowest BCUT2D eigenvalue weighted by Crippen LogP contribution is -2.56. The van der Waals surface area contributed by atoms with E-state index in [0.717, 1.165) is 6.42 Å². The van der Waals surface area contributed by atoms with Gasteiger partial charge in [-0.15, -0.1) is 0 Å². The average Bonchev–Trinajstić information content (AvgIpc) is 2.68. The van der Waals surface area contributed by atoms with Crippen molar-refractivity contribution < 1.29 is 19.1 Å². The zero-order chi connectivity index (χ0) is 21.6. The zero-order valence-corrected chi connectivity index (χ0v) is 17.6. The Hall–Kier alpha value is -3.11. The Kier molecular flexibility index (Phi) is 6.58. The number of rotatable bonds is 6. The van der Waals surface area contributed by atoms with Crippen LogP contribution in [0.1, 0.15) is 33.6 Å². The molecule has 1 fully saturated rings. The fraction of sp³-hybridized carbons (Fsp3) is 0.417. The van der Waals surface area contributed by atoms with E-state index in [2.05, 4.69) is 31.1 Å². The lowest BCUT2D eigenvalue weighted by Gasteiger charge is -2.49. The van der Waals surface area contributed by atoms with Crippen molar-refractivity contribution in [3.63, 3.8) is 0 Å². The number of nitrogens with one attached hydrogen (secondary N) is 1. The first-order valence-electron chi connectivity index (χ1n) is 10.2. The summed E-state index contributed by atoms with van der Waals surface area (Å²) < 4.78 is 11.7. The molecule has 0 bridgehead atoms. The van der Waals surface area contributed by atoms with Crippen LogP contribution in [-0.4, -0.2) is 24.4 Å². The summed E-state index contributed by atoms with van der Waals surface area (Å²) in [7, 11) is 0. The van der Waals surface area contributed by atoms with Crippen molar-refractivity contribution in [3.8, 4) is 11.5 Å². The molecule has 1 amide bonds. The molecule has 6 nitrogen and oxygen atoms in total. The second kappa shape index (κ2) is 9.14. The van der Waals surface area contributed by atoms with Crippen LogP contribution in [-0.2, 0) is 4.79 Å². The van der Waals surface area contributed by atoms with Crippen LogP contribution >= 0.6 is 0 Å². The maximum Gasteiger partial charge on any atom is 0.412 e. The van der Waals surface area contributed by atoms with Crippen molar-refractivity contribution in [1.29, 1.82) is 0 Å². The van der Waals surface area contributed by atoms with Crippen LogP contribution in [0.3, 0.4) is 0 Å². The Morgan fingerprint density at radius 1 is 1.10 bits per heavy atom. The van der Waals surface area contributed by atoms with E-state index in [9.17, 15) is 9.59 Å². The summed E-state index contributed by atoms with van der Waals surface area (Å²) in [6, 6.07) is 18.2. The van der Waals surface area contributed by atoms with Crippen molar-refractivity contribution in [2.45, 2.75) is 39.3 Å².